The predicted octanol–water partition coefficient (Wildman–Crippen LogP) is 1.91. The second-order valence-corrected chi connectivity index (χ2v) is 4.07. The van der Waals surface area contributed by atoms with Crippen LogP contribution in [-0.2, 0) is 13.2 Å². The molecule has 15 heavy (non-hydrogen) atoms. The normalized spacial score (nSPS) is 17.2. The maximum Gasteiger partial charge on any atom is 0.129 e. The number of benzene rings is 1. The second kappa shape index (κ2) is 4.73. The van der Waals surface area contributed by atoms with E-state index in [0.29, 0.717) is 5.56 Å². The standard InChI is InChI=1S/C12H16FNO/c13-12-7-10(3-4-11(12)9-15)8-14-5-1-2-6-14/h3-4,7,15H,1-2,5-6,8-9H2. The van der Waals surface area contributed by atoms with Gasteiger partial charge in [0, 0.05) is 12.1 Å². The summed E-state index contributed by atoms with van der Waals surface area (Å²) in [7, 11) is 0. The SMILES string of the molecule is OCc1ccc(CN2CCCC2)cc1F. The van der Waals surface area contributed by atoms with Gasteiger partial charge >= 0.3 is 0 Å². The summed E-state index contributed by atoms with van der Waals surface area (Å²) in [5, 5.41) is 8.84. The van der Waals surface area contributed by atoms with Gasteiger partial charge in [-0.25, -0.2) is 4.39 Å². The number of hydrogen-bond acceptors (Lipinski definition) is 2. The molecule has 82 valence electrons. The zero-order valence-electron chi connectivity index (χ0n) is 8.75. The highest BCUT2D eigenvalue weighted by Crippen LogP contribution is 2.15. The fraction of sp³-hybridized carbons (Fsp3) is 0.500. The van der Waals surface area contributed by atoms with Gasteiger partial charge in [0.25, 0.3) is 0 Å². The summed E-state index contributed by atoms with van der Waals surface area (Å²) in [6.45, 7) is 2.82. The van der Waals surface area contributed by atoms with Crippen molar-refractivity contribution in [3.05, 3.63) is 35.1 Å². The van der Waals surface area contributed by atoms with Crippen molar-refractivity contribution in [1.29, 1.82) is 0 Å². The van der Waals surface area contributed by atoms with Crippen LogP contribution in [0.25, 0.3) is 0 Å². The van der Waals surface area contributed by atoms with E-state index in [1.807, 2.05) is 6.07 Å². The van der Waals surface area contributed by atoms with Crippen molar-refractivity contribution >= 4 is 0 Å². The molecule has 1 saturated heterocycles. The number of likely N-dealkylation sites (tertiary alicyclic amines) is 1. The zero-order valence-corrected chi connectivity index (χ0v) is 8.75. The molecule has 0 bridgehead atoms. The highest BCUT2D eigenvalue weighted by atomic mass is 19.1. The Kier molecular flexibility index (Phi) is 3.34. The Balaban J connectivity index is 2.05. The summed E-state index contributed by atoms with van der Waals surface area (Å²) in [6, 6.07) is 5.09. The molecule has 2 nitrogen and oxygen atoms in total. The van der Waals surface area contributed by atoms with E-state index in [1.54, 1.807) is 6.07 Å². The molecule has 3 heteroatoms. The van der Waals surface area contributed by atoms with E-state index >= 15 is 0 Å². The van der Waals surface area contributed by atoms with Gasteiger partial charge in [-0.1, -0.05) is 12.1 Å². The quantitative estimate of drug-likeness (QED) is 0.822. The van der Waals surface area contributed by atoms with Crippen molar-refractivity contribution in [2.75, 3.05) is 13.1 Å². The third-order valence-electron chi connectivity index (χ3n) is 2.89. The third-order valence-corrected chi connectivity index (χ3v) is 2.89. The van der Waals surface area contributed by atoms with Crippen LogP contribution in [0.4, 0.5) is 4.39 Å². The lowest BCUT2D eigenvalue weighted by Gasteiger charge is -2.14. The summed E-state index contributed by atoms with van der Waals surface area (Å²) in [4.78, 5) is 2.33. The van der Waals surface area contributed by atoms with Crippen LogP contribution in [0.15, 0.2) is 18.2 Å². The first kappa shape index (κ1) is 10.6. The lowest BCUT2D eigenvalue weighted by Crippen LogP contribution is -2.18. The maximum absolute atomic E-state index is 13.3. The first-order valence-electron chi connectivity index (χ1n) is 5.40. The highest BCUT2D eigenvalue weighted by Gasteiger charge is 2.12. The summed E-state index contributed by atoms with van der Waals surface area (Å²) in [5.41, 5.74) is 1.37. The monoisotopic (exact) mass is 209 g/mol. The van der Waals surface area contributed by atoms with Gasteiger partial charge in [-0.3, -0.25) is 4.90 Å². The number of rotatable bonds is 3. The molecule has 0 aromatic heterocycles. The maximum atomic E-state index is 13.3. The Labute approximate surface area is 89.3 Å². The number of aliphatic hydroxyl groups is 1. The van der Waals surface area contributed by atoms with Gasteiger partial charge in [0.1, 0.15) is 5.82 Å². The van der Waals surface area contributed by atoms with Gasteiger partial charge < -0.3 is 5.11 Å². The fourth-order valence-corrected chi connectivity index (χ4v) is 2.02. The zero-order chi connectivity index (χ0) is 10.7. The number of halogens is 1. The average Bonchev–Trinajstić information content (AvgIpc) is 2.71. The van der Waals surface area contributed by atoms with Gasteiger partial charge in [-0.2, -0.15) is 0 Å². The Bertz CT molecular complexity index is 334. The van der Waals surface area contributed by atoms with Crippen LogP contribution < -0.4 is 0 Å². The topological polar surface area (TPSA) is 23.5 Å². The first-order chi connectivity index (χ1) is 7.29. The van der Waals surface area contributed by atoms with Crippen LogP contribution in [0, 0.1) is 5.82 Å². The highest BCUT2D eigenvalue weighted by molar-refractivity contribution is 5.23. The Morgan fingerprint density at radius 3 is 2.60 bits per heavy atom. The Morgan fingerprint density at radius 1 is 1.27 bits per heavy atom. The molecule has 0 amide bonds. The largest absolute Gasteiger partial charge is 0.392 e. The van der Waals surface area contributed by atoms with Crippen molar-refractivity contribution in [1.82, 2.24) is 4.90 Å². The second-order valence-electron chi connectivity index (χ2n) is 4.07. The van der Waals surface area contributed by atoms with E-state index in [-0.39, 0.29) is 12.4 Å². The van der Waals surface area contributed by atoms with Gasteiger partial charge in [0.15, 0.2) is 0 Å². The molecule has 0 saturated carbocycles. The molecule has 0 unspecified atom stereocenters. The fourth-order valence-electron chi connectivity index (χ4n) is 2.02. The first-order valence-corrected chi connectivity index (χ1v) is 5.40. The van der Waals surface area contributed by atoms with Gasteiger partial charge in [-0.05, 0) is 37.6 Å². The van der Waals surface area contributed by atoms with Crippen LogP contribution in [0.3, 0.4) is 0 Å². The number of nitrogens with zero attached hydrogens (tertiary/aromatic N) is 1. The summed E-state index contributed by atoms with van der Waals surface area (Å²) in [6.07, 6.45) is 2.49. The number of hydrogen-bond donors (Lipinski definition) is 1. The molecule has 1 aromatic rings. The summed E-state index contributed by atoms with van der Waals surface area (Å²) in [5.74, 6) is -0.297. The molecule has 0 aliphatic carbocycles. The minimum atomic E-state index is -0.297. The van der Waals surface area contributed by atoms with Crippen molar-refractivity contribution in [2.24, 2.45) is 0 Å². The molecule has 0 atom stereocenters. The van der Waals surface area contributed by atoms with Crippen LogP contribution in [-0.4, -0.2) is 23.1 Å². The molecule has 1 aliphatic rings. The van der Waals surface area contributed by atoms with E-state index in [2.05, 4.69) is 4.90 Å². The third kappa shape index (κ3) is 2.55. The molecule has 1 heterocycles. The predicted molar refractivity (Wildman–Crippen MR) is 56.8 cm³/mol. The molecule has 0 radical (unpaired) electrons. The molecule has 1 aliphatic heterocycles. The molecular weight excluding hydrogens is 193 g/mol. The van der Waals surface area contributed by atoms with Gasteiger partial charge in [0.05, 0.1) is 6.61 Å². The van der Waals surface area contributed by atoms with Crippen LogP contribution in [0.1, 0.15) is 24.0 Å². The van der Waals surface area contributed by atoms with Crippen molar-refractivity contribution < 1.29 is 9.50 Å². The lowest BCUT2D eigenvalue weighted by atomic mass is 10.1. The lowest BCUT2D eigenvalue weighted by molar-refractivity contribution is 0.275. The van der Waals surface area contributed by atoms with E-state index in [9.17, 15) is 4.39 Å². The van der Waals surface area contributed by atoms with Crippen LogP contribution in [0.5, 0.6) is 0 Å². The molecule has 1 fully saturated rings. The summed E-state index contributed by atoms with van der Waals surface area (Å²) < 4.78 is 13.3. The van der Waals surface area contributed by atoms with Crippen LogP contribution in [0.2, 0.25) is 0 Å². The average molecular weight is 209 g/mol. The molecule has 0 spiro atoms. The minimum absolute atomic E-state index is 0.226. The Morgan fingerprint density at radius 2 is 2.00 bits per heavy atom. The number of aliphatic hydroxyl groups excluding tert-OH is 1. The molecule has 2 rings (SSSR count). The van der Waals surface area contributed by atoms with E-state index in [4.69, 9.17) is 5.11 Å². The molecule has 1 aromatic carbocycles. The smallest absolute Gasteiger partial charge is 0.129 e. The van der Waals surface area contributed by atoms with E-state index < -0.39 is 0 Å². The Hall–Kier alpha value is -0.930. The summed E-state index contributed by atoms with van der Waals surface area (Å²) >= 11 is 0. The minimum Gasteiger partial charge on any atom is -0.392 e. The van der Waals surface area contributed by atoms with Crippen molar-refractivity contribution in [2.45, 2.75) is 26.0 Å². The van der Waals surface area contributed by atoms with Gasteiger partial charge in [-0.15, -0.1) is 0 Å². The molecule has 1 N–H and O–H groups in total. The van der Waals surface area contributed by atoms with Gasteiger partial charge in [0.2, 0.25) is 0 Å². The van der Waals surface area contributed by atoms with Crippen LogP contribution >= 0.6 is 0 Å². The van der Waals surface area contributed by atoms with E-state index in [0.717, 1.165) is 25.2 Å². The van der Waals surface area contributed by atoms with E-state index in [1.165, 1.54) is 18.9 Å². The van der Waals surface area contributed by atoms with Crippen molar-refractivity contribution in [3.63, 3.8) is 0 Å². The van der Waals surface area contributed by atoms with Crippen molar-refractivity contribution in [3.8, 4) is 0 Å². The molecular formula is C12H16FNO.